The molecule has 0 N–H and O–H groups in total. The van der Waals surface area contributed by atoms with Crippen LogP contribution >= 0.6 is 23.1 Å². The lowest BCUT2D eigenvalue weighted by atomic mass is 10.0. The van der Waals surface area contributed by atoms with E-state index in [1.807, 2.05) is 24.3 Å². The van der Waals surface area contributed by atoms with Crippen molar-refractivity contribution in [2.24, 2.45) is 0 Å². The first-order valence-electron chi connectivity index (χ1n) is 8.88. The predicted octanol–water partition coefficient (Wildman–Crippen LogP) is 5.28. The quantitative estimate of drug-likeness (QED) is 0.430. The average Bonchev–Trinajstić information content (AvgIpc) is 3.27. The lowest BCUT2D eigenvalue weighted by Gasteiger charge is -2.05. The molecule has 0 amide bonds. The van der Waals surface area contributed by atoms with Crippen LogP contribution in [0.3, 0.4) is 0 Å². The number of aromatic nitrogens is 5. The number of thiazole rings is 1. The Morgan fingerprint density at radius 2 is 1.85 bits per heavy atom. The van der Waals surface area contributed by atoms with Crippen LogP contribution in [0.1, 0.15) is 42.5 Å². The molecule has 1 aromatic carbocycles. The van der Waals surface area contributed by atoms with E-state index in [9.17, 15) is 0 Å². The number of hydrogen-bond donors (Lipinski definition) is 0. The minimum Gasteiger partial charge on any atom is -0.258 e. The standard InChI is InChI=1S/C20H21N5S2/c1-12(2)15-5-7-16(8-6-15)19-22-17(10-26-19)11-27-20-24-23-18-9-13(3)21-14(4)25(18)20/h5-10,12H,11H2,1-4H3. The maximum Gasteiger partial charge on any atom is 0.197 e. The molecule has 3 aromatic heterocycles. The molecule has 0 spiro atoms. The molecule has 0 bridgehead atoms. The Morgan fingerprint density at radius 3 is 2.59 bits per heavy atom. The van der Waals surface area contributed by atoms with Crippen LogP contribution in [0.2, 0.25) is 0 Å². The van der Waals surface area contributed by atoms with Gasteiger partial charge in [0.25, 0.3) is 0 Å². The molecule has 0 aliphatic carbocycles. The second-order valence-electron chi connectivity index (χ2n) is 6.83. The summed E-state index contributed by atoms with van der Waals surface area (Å²) in [4.78, 5) is 9.30. The van der Waals surface area contributed by atoms with E-state index in [0.717, 1.165) is 38.8 Å². The van der Waals surface area contributed by atoms with E-state index >= 15 is 0 Å². The van der Waals surface area contributed by atoms with Crippen LogP contribution in [-0.4, -0.2) is 24.6 Å². The zero-order valence-corrected chi connectivity index (χ0v) is 17.4. The monoisotopic (exact) mass is 395 g/mol. The predicted molar refractivity (Wildman–Crippen MR) is 111 cm³/mol. The molecule has 27 heavy (non-hydrogen) atoms. The third-order valence-electron chi connectivity index (χ3n) is 4.38. The normalized spacial score (nSPS) is 11.6. The van der Waals surface area contributed by atoms with Crippen molar-refractivity contribution in [3.63, 3.8) is 0 Å². The van der Waals surface area contributed by atoms with Gasteiger partial charge in [0.15, 0.2) is 10.8 Å². The summed E-state index contributed by atoms with van der Waals surface area (Å²) >= 11 is 3.32. The number of aryl methyl sites for hydroxylation is 2. The van der Waals surface area contributed by atoms with E-state index in [1.54, 1.807) is 23.1 Å². The summed E-state index contributed by atoms with van der Waals surface area (Å²) in [6.07, 6.45) is 0. The van der Waals surface area contributed by atoms with Crippen LogP contribution in [0.5, 0.6) is 0 Å². The van der Waals surface area contributed by atoms with Crippen molar-refractivity contribution in [3.05, 3.63) is 58.5 Å². The highest BCUT2D eigenvalue weighted by atomic mass is 32.2. The molecule has 0 saturated heterocycles. The first-order chi connectivity index (χ1) is 13.0. The largest absolute Gasteiger partial charge is 0.258 e. The zero-order valence-electron chi connectivity index (χ0n) is 15.8. The summed E-state index contributed by atoms with van der Waals surface area (Å²) in [5, 5.41) is 12.6. The summed E-state index contributed by atoms with van der Waals surface area (Å²) in [6.45, 7) is 8.37. The molecule has 4 rings (SSSR count). The fourth-order valence-corrected chi connectivity index (χ4v) is 4.76. The van der Waals surface area contributed by atoms with Crippen molar-refractivity contribution in [2.75, 3.05) is 0 Å². The maximum absolute atomic E-state index is 4.80. The molecule has 5 nitrogen and oxygen atoms in total. The third kappa shape index (κ3) is 3.75. The highest BCUT2D eigenvalue weighted by Crippen LogP contribution is 2.29. The van der Waals surface area contributed by atoms with Crippen molar-refractivity contribution >= 4 is 28.7 Å². The van der Waals surface area contributed by atoms with Gasteiger partial charge in [0, 0.05) is 28.5 Å². The molecule has 0 fully saturated rings. The number of benzene rings is 1. The highest BCUT2D eigenvalue weighted by Gasteiger charge is 2.12. The zero-order chi connectivity index (χ0) is 19.0. The van der Waals surface area contributed by atoms with Crippen LogP contribution in [-0.2, 0) is 5.75 Å². The fraction of sp³-hybridized carbons (Fsp3) is 0.300. The van der Waals surface area contributed by atoms with Crippen molar-refractivity contribution in [2.45, 2.75) is 44.5 Å². The first kappa shape index (κ1) is 18.1. The molecule has 138 valence electrons. The van der Waals surface area contributed by atoms with Crippen LogP contribution in [0.25, 0.3) is 16.2 Å². The molecule has 7 heteroatoms. The molecule has 3 heterocycles. The Hall–Kier alpha value is -2.25. The second-order valence-corrected chi connectivity index (χ2v) is 8.63. The van der Waals surface area contributed by atoms with Gasteiger partial charge < -0.3 is 0 Å². The Bertz CT molecular complexity index is 1080. The van der Waals surface area contributed by atoms with Gasteiger partial charge in [0.2, 0.25) is 0 Å². The summed E-state index contributed by atoms with van der Waals surface area (Å²) in [5.74, 6) is 2.21. The summed E-state index contributed by atoms with van der Waals surface area (Å²) < 4.78 is 2.00. The van der Waals surface area contributed by atoms with E-state index in [0.29, 0.717) is 5.92 Å². The molecule has 0 aliphatic heterocycles. The highest BCUT2D eigenvalue weighted by molar-refractivity contribution is 7.98. The van der Waals surface area contributed by atoms with Crippen molar-refractivity contribution in [3.8, 4) is 10.6 Å². The third-order valence-corrected chi connectivity index (χ3v) is 6.29. The Labute approximate surface area is 166 Å². The molecule has 0 aliphatic rings. The summed E-state index contributed by atoms with van der Waals surface area (Å²) in [5.41, 5.74) is 5.37. The smallest absolute Gasteiger partial charge is 0.197 e. The number of rotatable bonds is 5. The fourth-order valence-electron chi connectivity index (χ4n) is 2.95. The van der Waals surface area contributed by atoms with Gasteiger partial charge in [-0.2, -0.15) is 0 Å². The second kappa shape index (κ2) is 7.40. The van der Waals surface area contributed by atoms with E-state index in [4.69, 9.17) is 4.98 Å². The SMILES string of the molecule is Cc1cc2nnc(SCc3csc(-c4ccc(C(C)C)cc4)n3)n2c(C)n1. The van der Waals surface area contributed by atoms with Crippen LogP contribution in [0.15, 0.2) is 40.9 Å². The number of fused-ring (bicyclic) bond motifs is 1. The van der Waals surface area contributed by atoms with Gasteiger partial charge in [-0.05, 0) is 25.3 Å². The van der Waals surface area contributed by atoms with Crippen LogP contribution < -0.4 is 0 Å². The van der Waals surface area contributed by atoms with Gasteiger partial charge in [0.1, 0.15) is 10.8 Å². The van der Waals surface area contributed by atoms with Crippen molar-refractivity contribution in [1.82, 2.24) is 24.6 Å². The Morgan fingerprint density at radius 1 is 1.07 bits per heavy atom. The lowest BCUT2D eigenvalue weighted by molar-refractivity contribution is 0.854. The molecular formula is C20H21N5S2. The van der Waals surface area contributed by atoms with Gasteiger partial charge in [-0.25, -0.2) is 9.97 Å². The van der Waals surface area contributed by atoms with Gasteiger partial charge in [-0.15, -0.1) is 21.5 Å². The lowest BCUT2D eigenvalue weighted by Crippen LogP contribution is -1.98. The number of hydrogen-bond acceptors (Lipinski definition) is 6. The topological polar surface area (TPSA) is 56.0 Å². The Balaban J connectivity index is 1.50. The van der Waals surface area contributed by atoms with Crippen LogP contribution in [0.4, 0.5) is 0 Å². The van der Waals surface area contributed by atoms with E-state index < -0.39 is 0 Å². The average molecular weight is 396 g/mol. The maximum atomic E-state index is 4.80. The van der Waals surface area contributed by atoms with Gasteiger partial charge in [-0.3, -0.25) is 4.40 Å². The van der Waals surface area contributed by atoms with E-state index in [1.165, 1.54) is 11.1 Å². The Kier molecular flexibility index (Phi) is 4.97. The van der Waals surface area contributed by atoms with Gasteiger partial charge in [0.05, 0.1) is 5.69 Å². The van der Waals surface area contributed by atoms with Gasteiger partial charge in [-0.1, -0.05) is 49.9 Å². The molecular weight excluding hydrogens is 374 g/mol. The summed E-state index contributed by atoms with van der Waals surface area (Å²) in [6, 6.07) is 10.7. The molecule has 4 aromatic rings. The molecule has 0 radical (unpaired) electrons. The molecule has 0 unspecified atom stereocenters. The summed E-state index contributed by atoms with van der Waals surface area (Å²) in [7, 11) is 0. The first-order valence-corrected chi connectivity index (χ1v) is 10.7. The van der Waals surface area contributed by atoms with E-state index in [2.05, 4.69) is 58.7 Å². The minimum absolute atomic E-state index is 0.544. The molecule has 0 atom stereocenters. The van der Waals surface area contributed by atoms with Crippen molar-refractivity contribution in [1.29, 1.82) is 0 Å². The van der Waals surface area contributed by atoms with Crippen LogP contribution in [0, 0.1) is 13.8 Å². The molecule has 0 saturated carbocycles. The van der Waals surface area contributed by atoms with E-state index in [-0.39, 0.29) is 0 Å². The number of nitrogens with zero attached hydrogens (tertiary/aromatic N) is 5. The number of thioether (sulfide) groups is 1. The van der Waals surface area contributed by atoms with Gasteiger partial charge >= 0.3 is 0 Å². The minimum atomic E-state index is 0.544. The van der Waals surface area contributed by atoms with Crippen molar-refractivity contribution < 1.29 is 0 Å².